The van der Waals surface area contributed by atoms with E-state index in [-0.39, 0.29) is 0 Å². The van der Waals surface area contributed by atoms with Gasteiger partial charge in [0.15, 0.2) is 5.11 Å². The lowest BCUT2D eigenvalue weighted by Crippen LogP contribution is -2.28. The van der Waals surface area contributed by atoms with E-state index in [0.717, 1.165) is 11.5 Å². The van der Waals surface area contributed by atoms with Gasteiger partial charge in [0.1, 0.15) is 5.82 Å². The predicted molar refractivity (Wildman–Crippen MR) is 83.2 cm³/mol. The highest BCUT2D eigenvalue weighted by atomic mass is 32.1. The molecule has 0 spiro atoms. The first-order valence-electron chi connectivity index (χ1n) is 6.18. The summed E-state index contributed by atoms with van der Waals surface area (Å²) >= 11 is 5.26. The lowest BCUT2D eigenvalue weighted by molar-refractivity contribution is 0.914. The molecular formula is C15H17N3S. The summed E-state index contributed by atoms with van der Waals surface area (Å²) in [7, 11) is 0. The summed E-state index contributed by atoms with van der Waals surface area (Å²) in [6.45, 7) is 4.76. The summed E-state index contributed by atoms with van der Waals surface area (Å²) < 4.78 is 0. The molecule has 98 valence electrons. The van der Waals surface area contributed by atoms with E-state index < -0.39 is 0 Å². The molecule has 19 heavy (non-hydrogen) atoms. The largest absolute Gasteiger partial charge is 0.358 e. The van der Waals surface area contributed by atoms with Crippen LogP contribution in [0, 0.1) is 13.8 Å². The molecule has 0 aliphatic heterocycles. The van der Waals surface area contributed by atoms with Crippen LogP contribution in [0.4, 0.5) is 5.82 Å². The number of aromatic nitrogens is 1. The predicted octanol–water partition coefficient (Wildman–Crippen LogP) is 3.19. The number of nitrogens with zero attached hydrogens (tertiary/aromatic N) is 1. The number of rotatable bonds is 3. The number of benzene rings is 1. The summed E-state index contributed by atoms with van der Waals surface area (Å²) in [6.07, 6.45) is 0. The van der Waals surface area contributed by atoms with Gasteiger partial charge in [-0.1, -0.05) is 30.3 Å². The van der Waals surface area contributed by atoms with E-state index in [1.54, 1.807) is 0 Å². The fraction of sp³-hybridized carbons (Fsp3) is 0.200. The second kappa shape index (κ2) is 6.29. The van der Waals surface area contributed by atoms with Crippen LogP contribution in [0.3, 0.4) is 0 Å². The second-order valence-electron chi connectivity index (χ2n) is 4.40. The Morgan fingerprint density at radius 1 is 1.11 bits per heavy atom. The van der Waals surface area contributed by atoms with Crippen molar-refractivity contribution >= 4 is 23.1 Å². The molecule has 0 aliphatic carbocycles. The quantitative estimate of drug-likeness (QED) is 0.841. The molecule has 2 aromatic rings. The summed E-state index contributed by atoms with van der Waals surface area (Å²) in [6, 6.07) is 14.1. The van der Waals surface area contributed by atoms with E-state index in [9.17, 15) is 0 Å². The van der Waals surface area contributed by atoms with Crippen molar-refractivity contribution in [2.24, 2.45) is 0 Å². The molecule has 0 amide bonds. The maximum atomic E-state index is 5.26. The zero-order valence-corrected chi connectivity index (χ0v) is 11.9. The molecular weight excluding hydrogens is 254 g/mol. The maximum absolute atomic E-state index is 5.26. The molecule has 0 atom stereocenters. The Labute approximate surface area is 119 Å². The Morgan fingerprint density at radius 3 is 2.63 bits per heavy atom. The second-order valence-corrected chi connectivity index (χ2v) is 4.81. The zero-order valence-electron chi connectivity index (χ0n) is 11.1. The summed E-state index contributed by atoms with van der Waals surface area (Å²) in [4.78, 5) is 4.35. The molecule has 0 fully saturated rings. The highest BCUT2D eigenvalue weighted by Gasteiger charge is 2.00. The minimum Gasteiger partial charge on any atom is -0.358 e. The number of hydrogen-bond acceptors (Lipinski definition) is 2. The van der Waals surface area contributed by atoms with E-state index in [2.05, 4.69) is 34.7 Å². The SMILES string of the molecule is Cc1cccc(NC(=S)NCc2ccccc2C)n1. The average Bonchev–Trinajstić information content (AvgIpc) is 2.38. The van der Waals surface area contributed by atoms with Gasteiger partial charge < -0.3 is 10.6 Å². The molecule has 0 saturated heterocycles. The molecule has 0 bridgehead atoms. The Bertz CT molecular complexity index is 581. The molecule has 4 heteroatoms. The van der Waals surface area contributed by atoms with E-state index in [1.165, 1.54) is 11.1 Å². The van der Waals surface area contributed by atoms with Crippen molar-refractivity contribution in [3.8, 4) is 0 Å². The molecule has 3 nitrogen and oxygen atoms in total. The van der Waals surface area contributed by atoms with Gasteiger partial charge in [-0.05, 0) is 49.3 Å². The van der Waals surface area contributed by atoms with Gasteiger partial charge in [-0.25, -0.2) is 4.98 Å². The van der Waals surface area contributed by atoms with E-state index in [4.69, 9.17) is 12.2 Å². The van der Waals surface area contributed by atoms with Gasteiger partial charge in [0.2, 0.25) is 0 Å². The van der Waals surface area contributed by atoms with Gasteiger partial charge in [0, 0.05) is 12.2 Å². The van der Waals surface area contributed by atoms with E-state index in [1.807, 2.05) is 37.3 Å². The monoisotopic (exact) mass is 271 g/mol. The highest BCUT2D eigenvalue weighted by molar-refractivity contribution is 7.80. The van der Waals surface area contributed by atoms with Crippen molar-refractivity contribution in [1.29, 1.82) is 0 Å². The molecule has 2 N–H and O–H groups in total. The van der Waals surface area contributed by atoms with Crippen LogP contribution < -0.4 is 10.6 Å². The third-order valence-corrected chi connectivity index (χ3v) is 3.08. The number of hydrogen-bond donors (Lipinski definition) is 2. The lowest BCUT2D eigenvalue weighted by Gasteiger charge is -2.11. The van der Waals surface area contributed by atoms with Gasteiger partial charge in [0.05, 0.1) is 0 Å². The Morgan fingerprint density at radius 2 is 1.89 bits per heavy atom. The third-order valence-electron chi connectivity index (χ3n) is 2.83. The molecule has 1 aromatic carbocycles. The summed E-state index contributed by atoms with van der Waals surface area (Å²) in [5.74, 6) is 0.766. The Balaban J connectivity index is 1.90. The molecule has 1 heterocycles. The highest BCUT2D eigenvalue weighted by Crippen LogP contribution is 2.07. The molecule has 0 radical (unpaired) electrons. The first-order valence-corrected chi connectivity index (χ1v) is 6.59. The molecule has 0 aliphatic rings. The van der Waals surface area contributed by atoms with Gasteiger partial charge in [-0.2, -0.15) is 0 Å². The smallest absolute Gasteiger partial charge is 0.172 e. The Kier molecular flexibility index (Phi) is 4.47. The zero-order chi connectivity index (χ0) is 13.7. The standard InChI is InChI=1S/C15H17N3S/c1-11-6-3-4-8-13(11)10-16-15(19)18-14-9-5-7-12(2)17-14/h3-9H,10H2,1-2H3,(H2,16,17,18,19). The van der Waals surface area contributed by atoms with Crippen molar-refractivity contribution in [3.05, 3.63) is 59.3 Å². The van der Waals surface area contributed by atoms with Crippen LogP contribution in [0.25, 0.3) is 0 Å². The van der Waals surface area contributed by atoms with Gasteiger partial charge in [-0.3, -0.25) is 0 Å². The first-order chi connectivity index (χ1) is 9.15. The number of aryl methyl sites for hydroxylation is 2. The first kappa shape index (κ1) is 13.5. The van der Waals surface area contributed by atoms with Gasteiger partial charge in [0.25, 0.3) is 0 Å². The van der Waals surface area contributed by atoms with Crippen LogP contribution in [-0.4, -0.2) is 10.1 Å². The van der Waals surface area contributed by atoms with Crippen molar-refractivity contribution in [2.75, 3.05) is 5.32 Å². The average molecular weight is 271 g/mol. The van der Waals surface area contributed by atoms with Crippen LogP contribution >= 0.6 is 12.2 Å². The third kappa shape index (κ3) is 4.03. The fourth-order valence-corrected chi connectivity index (χ4v) is 1.93. The van der Waals surface area contributed by atoms with Crippen molar-refractivity contribution in [2.45, 2.75) is 20.4 Å². The van der Waals surface area contributed by atoms with Crippen LogP contribution in [-0.2, 0) is 6.54 Å². The molecule has 1 aromatic heterocycles. The summed E-state index contributed by atoms with van der Waals surface area (Å²) in [5, 5.41) is 6.85. The summed E-state index contributed by atoms with van der Waals surface area (Å²) in [5.41, 5.74) is 3.46. The fourth-order valence-electron chi connectivity index (χ4n) is 1.76. The van der Waals surface area contributed by atoms with E-state index in [0.29, 0.717) is 11.7 Å². The van der Waals surface area contributed by atoms with Crippen molar-refractivity contribution in [3.63, 3.8) is 0 Å². The van der Waals surface area contributed by atoms with Crippen LogP contribution in [0.2, 0.25) is 0 Å². The van der Waals surface area contributed by atoms with Gasteiger partial charge >= 0.3 is 0 Å². The lowest BCUT2D eigenvalue weighted by atomic mass is 10.1. The normalized spacial score (nSPS) is 10.0. The number of nitrogens with one attached hydrogen (secondary N) is 2. The number of anilines is 1. The molecule has 0 unspecified atom stereocenters. The molecule has 0 saturated carbocycles. The van der Waals surface area contributed by atoms with Crippen LogP contribution in [0.5, 0.6) is 0 Å². The Hall–Kier alpha value is -1.94. The van der Waals surface area contributed by atoms with Crippen molar-refractivity contribution in [1.82, 2.24) is 10.3 Å². The van der Waals surface area contributed by atoms with Crippen LogP contribution in [0.15, 0.2) is 42.5 Å². The van der Waals surface area contributed by atoms with Crippen LogP contribution in [0.1, 0.15) is 16.8 Å². The number of pyridine rings is 1. The van der Waals surface area contributed by atoms with Crippen molar-refractivity contribution < 1.29 is 0 Å². The molecule has 2 rings (SSSR count). The minimum absolute atomic E-state index is 0.585. The maximum Gasteiger partial charge on any atom is 0.172 e. The van der Waals surface area contributed by atoms with E-state index >= 15 is 0 Å². The van der Waals surface area contributed by atoms with Gasteiger partial charge in [-0.15, -0.1) is 0 Å². The number of thiocarbonyl (C=S) groups is 1. The minimum atomic E-state index is 0.585. The topological polar surface area (TPSA) is 37.0 Å².